The summed E-state index contributed by atoms with van der Waals surface area (Å²) in [7, 11) is 0. The average Bonchev–Trinajstić information content (AvgIpc) is 2.37. The molecule has 1 aromatic carbocycles. The Labute approximate surface area is 117 Å². The fourth-order valence-corrected chi connectivity index (χ4v) is 2.02. The van der Waals surface area contributed by atoms with E-state index in [1.165, 1.54) is 17.5 Å². The number of pyridine rings is 1. The first-order valence-electron chi connectivity index (χ1n) is 6.17. The van der Waals surface area contributed by atoms with Crippen LogP contribution in [-0.2, 0) is 6.42 Å². The largest absolute Gasteiger partial charge is 0.340 e. The Morgan fingerprint density at radius 1 is 1.22 bits per heavy atom. The van der Waals surface area contributed by atoms with Gasteiger partial charge in [-0.1, -0.05) is 25.5 Å². The average molecular weight is 305 g/mol. The number of nitrogens with one attached hydrogen (secondary N) is 1. The van der Waals surface area contributed by atoms with Crippen LogP contribution in [0.4, 0.5) is 11.5 Å². The molecule has 2 nitrogen and oxygen atoms in total. The van der Waals surface area contributed by atoms with Crippen LogP contribution in [0.1, 0.15) is 24.5 Å². The lowest BCUT2D eigenvalue weighted by molar-refractivity contribution is 0.922. The molecule has 0 aliphatic carbocycles. The van der Waals surface area contributed by atoms with Gasteiger partial charge in [0.05, 0.1) is 0 Å². The molecule has 1 aromatic heterocycles. The van der Waals surface area contributed by atoms with E-state index in [0.717, 1.165) is 22.4 Å². The van der Waals surface area contributed by atoms with Crippen molar-refractivity contribution in [2.24, 2.45) is 0 Å². The molecule has 1 heterocycles. The van der Waals surface area contributed by atoms with Crippen molar-refractivity contribution in [2.45, 2.75) is 26.7 Å². The molecule has 18 heavy (non-hydrogen) atoms. The monoisotopic (exact) mass is 304 g/mol. The van der Waals surface area contributed by atoms with Gasteiger partial charge >= 0.3 is 0 Å². The number of rotatable bonds is 4. The van der Waals surface area contributed by atoms with E-state index < -0.39 is 0 Å². The zero-order chi connectivity index (χ0) is 13.0. The summed E-state index contributed by atoms with van der Waals surface area (Å²) in [6.07, 6.45) is 4.14. The van der Waals surface area contributed by atoms with E-state index in [9.17, 15) is 0 Å². The lowest BCUT2D eigenvalue weighted by Crippen LogP contribution is -1.94. The fraction of sp³-hybridized carbons (Fsp3) is 0.267. The molecule has 1 N–H and O–H groups in total. The second-order valence-electron chi connectivity index (χ2n) is 4.39. The molecule has 0 radical (unpaired) electrons. The summed E-state index contributed by atoms with van der Waals surface area (Å²) < 4.78 is 1.03. The number of nitrogens with zero attached hydrogens (tertiary/aromatic N) is 1. The van der Waals surface area contributed by atoms with Crippen LogP contribution in [0.2, 0.25) is 0 Å². The van der Waals surface area contributed by atoms with Crippen molar-refractivity contribution >= 4 is 27.4 Å². The fourth-order valence-electron chi connectivity index (χ4n) is 1.80. The normalized spacial score (nSPS) is 10.4. The highest BCUT2D eigenvalue weighted by Crippen LogP contribution is 2.20. The van der Waals surface area contributed by atoms with Crippen LogP contribution in [0.5, 0.6) is 0 Å². The number of benzene rings is 1. The summed E-state index contributed by atoms with van der Waals surface area (Å²) >= 11 is 3.45. The molecule has 0 aliphatic heterocycles. The van der Waals surface area contributed by atoms with E-state index in [1.807, 2.05) is 12.3 Å². The molecule has 0 saturated heterocycles. The highest BCUT2D eigenvalue weighted by Gasteiger charge is 2.00. The molecule has 0 unspecified atom stereocenters. The Bertz CT molecular complexity index is 521. The van der Waals surface area contributed by atoms with E-state index in [0.29, 0.717) is 0 Å². The zero-order valence-electron chi connectivity index (χ0n) is 10.7. The van der Waals surface area contributed by atoms with Gasteiger partial charge in [0.2, 0.25) is 0 Å². The summed E-state index contributed by atoms with van der Waals surface area (Å²) in [5, 5.41) is 3.31. The number of hydrogen-bond donors (Lipinski definition) is 1. The van der Waals surface area contributed by atoms with Gasteiger partial charge in [-0.3, -0.25) is 0 Å². The Balaban J connectivity index is 2.10. The first kappa shape index (κ1) is 13.1. The molecular formula is C15H17BrN2. The third-order valence-corrected chi connectivity index (χ3v) is 3.64. The number of anilines is 2. The maximum Gasteiger partial charge on any atom is 0.130 e. The molecule has 0 amide bonds. The molecule has 0 fully saturated rings. The van der Waals surface area contributed by atoms with E-state index >= 15 is 0 Å². The van der Waals surface area contributed by atoms with Crippen LogP contribution >= 0.6 is 15.9 Å². The molecule has 2 rings (SSSR count). The van der Waals surface area contributed by atoms with Gasteiger partial charge in [-0.25, -0.2) is 4.98 Å². The van der Waals surface area contributed by atoms with Crippen molar-refractivity contribution in [2.75, 3.05) is 5.32 Å². The number of aryl methyl sites for hydroxylation is 2. The molecule has 0 bridgehead atoms. The Morgan fingerprint density at radius 2 is 1.94 bits per heavy atom. The van der Waals surface area contributed by atoms with Crippen molar-refractivity contribution in [3.05, 3.63) is 52.1 Å². The number of halogens is 1. The predicted molar refractivity (Wildman–Crippen MR) is 80.4 cm³/mol. The van der Waals surface area contributed by atoms with Gasteiger partial charge in [-0.15, -0.1) is 0 Å². The highest BCUT2D eigenvalue weighted by molar-refractivity contribution is 9.10. The van der Waals surface area contributed by atoms with Crippen LogP contribution in [0.25, 0.3) is 0 Å². The summed E-state index contributed by atoms with van der Waals surface area (Å²) in [6.45, 7) is 4.25. The van der Waals surface area contributed by atoms with Gasteiger partial charge in [0.25, 0.3) is 0 Å². The number of hydrogen-bond acceptors (Lipinski definition) is 2. The standard InChI is InChI=1S/C15H17BrN2/c1-3-4-12-5-7-13(8-6-12)18-15-9-11(2)14(16)10-17-15/h5-10H,3-4H2,1-2H3,(H,17,18). The molecule has 2 aromatic rings. The van der Waals surface area contributed by atoms with Gasteiger partial charge in [0.15, 0.2) is 0 Å². The smallest absolute Gasteiger partial charge is 0.130 e. The molecule has 0 atom stereocenters. The van der Waals surface area contributed by atoms with Crippen LogP contribution < -0.4 is 5.32 Å². The first-order valence-corrected chi connectivity index (χ1v) is 6.96. The van der Waals surface area contributed by atoms with E-state index in [2.05, 4.69) is 64.3 Å². The van der Waals surface area contributed by atoms with Crippen LogP contribution in [-0.4, -0.2) is 4.98 Å². The van der Waals surface area contributed by atoms with Crippen molar-refractivity contribution in [3.63, 3.8) is 0 Å². The summed E-state index contributed by atoms with van der Waals surface area (Å²) in [5.74, 6) is 0.874. The van der Waals surface area contributed by atoms with Gasteiger partial charge in [0.1, 0.15) is 5.82 Å². The van der Waals surface area contributed by atoms with E-state index in [-0.39, 0.29) is 0 Å². The van der Waals surface area contributed by atoms with Gasteiger partial charge in [-0.2, -0.15) is 0 Å². The second kappa shape index (κ2) is 6.01. The first-order chi connectivity index (χ1) is 8.69. The highest BCUT2D eigenvalue weighted by atomic mass is 79.9. The summed E-state index contributed by atoms with van der Waals surface area (Å²) in [5.41, 5.74) is 3.63. The quantitative estimate of drug-likeness (QED) is 0.873. The van der Waals surface area contributed by atoms with Crippen LogP contribution in [0, 0.1) is 6.92 Å². The van der Waals surface area contributed by atoms with Gasteiger partial charge in [0, 0.05) is 16.4 Å². The Hall–Kier alpha value is -1.35. The van der Waals surface area contributed by atoms with Crippen LogP contribution in [0.3, 0.4) is 0 Å². The maximum atomic E-state index is 4.34. The SMILES string of the molecule is CCCc1ccc(Nc2cc(C)c(Br)cn2)cc1. The molecular weight excluding hydrogens is 288 g/mol. The molecule has 3 heteroatoms. The van der Waals surface area contributed by atoms with Crippen molar-refractivity contribution in [1.29, 1.82) is 0 Å². The van der Waals surface area contributed by atoms with Crippen molar-refractivity contribution < 1.29 is 0 Å². The topological polar surface area (TPSA) is 24.9 Å². The van der Waals surface area contributed by atoms with Gasteiger partial charge < -0.3 is 5.32 Å². The summed E-state index contributed by atoms with van der Waals surface area (Å²) in [6, 6.07) is 10.6. The zero-order valence-corrected chi connectivity index (χ0v) is 12.3. The lowest BCUT2D eigenvalue weighted by atomic mass is 10.1. The lowest BCUT2D eigenvalue weighted by Gasteiger charge is -2.08. The second-order valence-corrected chi connectivity index (χ2v) is 5.24. The molecule has 94 valence electrons. The van der Waals surface area contributed by atoms with Gasteiger partial charge in [-0.05, 0) is 58.6 Å². The minimum atomic E-state index is 0.874. The van der Waals surface area contributed by atoms with Crippen molar-refractivity contribution in [3.8, 4) is 0 Å². The van der Waals surface area contributed by atoms with Crippen LogP contribution in [0.15, 0.2) is 41.0 Å². The summed E-state index contributed by atoms with van der Waals surface area (Å²) in [4.78, 5) is 4.34. The Morgan fingerprint density at radius 3 is 2.56 bits per heavy atom. The third-order valence-electron chi connectivity index (χ3n) is 2.81. The van der Waals surface area contributed by atoms with E-state index in [4.69, 9.17) is 0 Å². The Kier molecular flexibility index (Phi) is 4.37. The number of aromatic nitrogens is 1. The molecule has 0 aliphatic rings. The van der Waals surface area contributed by atoms with E-state index in [1.54, 1.807) is 0 Å². The minimum absolute atomic E-state index is 0.874. The maximum absolute atomic E-state index is 4.34. The molecule has 0 saturated carbocycles. The molecule has 0 spiro atoms. The predicted octanol–water partition coefficient (Wildman–Crippen LogP) is 4.85. The van der Waals surface area contributed by atoms with Crippen molar-refractivity contribution in [1.82, 2.24) is 4.98 Å². The minimum Gasteiger partial charge on any atom is -0.340 e. The third kappa shape index (κ3) is 3.33.